The Morgan fingerprint density at radius 1 is 1.20 bits per heavy atom. The van der Waals surface area contributed by atoms with E-state index in [1.807, 2.05) is 24.3 Å². The molecule has 1 aliphatic rings. The zero-order chi connectivity index (χ0) is 17.8. The van der Waals surface area contributed by atoms with E-state index in [0.717, 1.165) is 5.56 Å². The summed E-state index contributed by atoms with van der Waals surface area (Å²) in [5.41, 5.74) is 1.16. The standard InChI is InChI=1S/C18H20N4O3/c1-13(23)21-9-10-22(18(24)15-11-19-7-8-20-15)16(12-21)14-5-3-4-6-17(14)25-2/h3-8,11,16H,9-10,12H2,1-2H3/t16-/m1/s1. The van der Waals surface area contributed by atoms with Gasteiger partial charge in [-0.2, -0.15) is 0 Å². The molecule has 0 bridgehead atoms. The lowest BCUT2D eigenvalue weighted by molar-refractivity contribution is -0.131. The van der Waals surface area contributed by atoms with Crippen molar-refractivity contribution in [2.45, 2.75) is 13.0 Å². The molecule has 1 saturated heterocycles. The van der Waals surface area contributed by atoms with Crippen LogP contribution in [0.1, 0.15) is 29.0 Å². The number of para-hydroxylation sites is 1. The van der Waals surface area contributed by atoms with Crippen molar-refractivity contribution < 1.29 is 14.3 Å². The lowest BCUT2D eigenvalue weighted by Gasteiger charge is -2.41. The first-order valence-corrected chi connectivity index (χ1v) is 8.07. The molecule has 1 fully saturated rings. The van der Waals surface area contributed by atoms with E-state index in [9.17, 15) is 9.59 Å². The molecule has 2 aromatic rings. The Kier molecular flexibility index (Phi) is 4.92. The Balaban J connectivity index is 1.98. The molecule has 1 aromatic heterocycles. The first kappa shape index (κ1) is 16.9. The van der Waals surface area contributed by atoms with E-state index >= 15 is 0 Å². The highest BCUT2D eigenvalue weighted by molar-refractivity contribution is 5.92. The van der Waals surface area contributed by atoms with Crippen LogP contribution in [0.2, 0.25) is 0 Å². The smallest absolute Gasteiger partial charge is 0.274 e. The normalized spacial score (nSPS) is 17.3. The summed E-state index contributed by atoms with van der Waals surface area (Å²) in [6, 6.07) is 7.25. The Labute approximate surface area is 146 Å². The van der Waals surface area contributed by atoms with Crippen LogP contribution in [0.5, 0.6) is 5.75 Å². The second kappa shape index (κ2) is 7.29. The zero-order valence-electron chi connectivity index (χ0n) is 14.3. The summed E-state index contributed by atoms with van der Waals surface area (Å²) >= 11 is 0. The molecule has 2 amide bonds. The van der Waals surface area contributed by atoms with Crippen molar-refractivity contribution in [1.29, 1.82) is 0 Å². The molecule has 1 aliphatic heterocycles. The van der Waals surface area contributed by atoms with Gasteiger partial charge >= 0.3 is 0 Å². The number of nitrogens with zero attached hydrogens (tertiary/aromatic N) is 4. The highest BCUT2D eigenvalue weighted by atomic mass is 16.5. The molecule has 0 saturated carbocycles. The molecule has 0 spiro atoms. The minimum atomic E-state index is -0.302. The van der Waals surface area contributed by atoms with E-state index in [-0.39, 0.29) is 17.9 Å². The van der Waals surface area contributed by atoms with Crippen LogP contribution in [0, 0.1) is 0 Å². The van der Waals surface area contributed by atoms with E-state index in [2.05, 4.69) is 9.97 Å². The predicted octanol–water partition coefficient (Wildman–Crippen LogP) is 1.53. The van der Waals surface area contributed by atoms with Crippen molar-refractivity contribution in [3.8, 4) is 5.75 Å². The third-order valence-corrected chi connectivity index (χ3v) is 4.37. The number of aromatic nitrogens is 2. The summed E-state index contributed by atoms with van der Waals surface area (Å²) in [7, 11) is 1.60. The van der Waals surface area contributed by atoms with Crippen molar-refractivity contribution in [2.24, 2.45) is 0 Å². The number of ether oxygens (including phenoxy) is 1. The molecule has 1 atom stereocenters. The van der Waals surface area contributed by atoms with Gasteiger partial charge in [0.05, 0.1) is 19.3 Å². The van der Waals surface area contributed by atoms with Crippen molar-refractivity contribution in [1.82, 2.24) is 19.8 Å². The van der Waals surface area contributed by atoms with Gasteiger partial charge in [0.25, 0.3) is 5.91 Å². The average Bonchev–Trinajstić information content (AvgIpc) is 2.67. The van der Waals surface area contributed by atoms with Gasteiger partial charge in [-0.1, -0.05) is 18.2 Å². The van der Waals surface area contributed by atoms with Crippen LogP contribution in [-0.2, 0) is 4.79 Å². The minimum Gasteiger partial charge on any atom is -0.496 e. The first-order valence-electron chi connectivity index (χ1n) is 8.07. The number of hydrogen-bond donors (Lipinski definition) is 0. The Hall–Kier alpha value is -2.96. The lowest BCUT2D eigenvalue weighted by atomic mass is 10.0. The number of hydrogen-bond acceptors (Lipinski definition) is 5. The molecule has 1 aromatic carbocycles. The molecule has 3 rings (SSSR count). The fourth-order valence-electron chi connectivity index (χ4n) is 3.08. The van der Waals surface area contributed by atoms with Gasteiger partial charge in [0.1, 0.15) is 11.4 Å². The van der Waals surface area contributed by atoms with Crippen LogP contribution in [0.3, 0.4) is 0 Å². The molecular weight excluding hydrogens is 320 g/mol. The molecule has 2 heterocycles. The van der Waals surface area contributed by atoms with E-state index in [1.54, 1.807) is 23.8 Å². The van der Waals surface area contributed by atoms with E-state index in [4.69, 9.17) is 4.74 Å². The van der Waals surface area contributed by atoms with Crippen molar-refractivity contribution >= 4 is 11.8 Å². The molecule has 7 nitrogen and oxygen atoms in total. The number of benzene rings is 1. The van der Waals surface area contributed by atoms with Crippen molar-refractivity contribution in [3.05, 3.63) is 54.1 Å². The SMILES string of the molecule is COc1ccccc1[C@H]1CN(C(C)=O)CCN1C(=O)c1cnccn1. The maximum atomic E-state index is 12.9. The van der Waals surface area contributed by atoms with Gasteiger partial charge in [-0.15, -0.1) is 0 Å². The number of carbonyl (C=O) groups is 2. The van der Waals surface area contributed by atoms with Crippen molar-refractivity contribution in [3.63, 3.8) is 0 Å². The zero-order valence-corrected chi connectivity index (χ0v) is 14.3. The van der Waals surface area contributed by atoms with Gasteiger partial charge < -0.3 is 14.5 Å². The number of piperazine rings is 1. The lowest BCUT2D eigenvalue weighted by Crippen LogP contribution is -2.52. The van der Waals surface area contributed by atoms with Crippen molar-refractivity contribution in [2.75, 3.05) is 26.7 Å². The number of methoxy groups -OCH3 is 1. The minimum absolute atomic E-state index is 0.00787. The van der Waals surface area contributed by atoms with Crippen LogP contribution < -0.4 is 4.74 Å². The van der Waals surface area contributed by atoms with E-state index < -0.39 is 0 Å². The molecule has 0 N–H and O–H groups in total. The second-order valence-corrected chi connectivity index (χ2v) is 5.81. The molecule has 25 heavy (non-hydrogen) atoms. The molecule has 7 heteroatoms. The van der Waals surface area contributed by atoms with Crippen LogP contribution in [0.15, 0.2) is 42.9 Å². The second-order valence-electron chi connectivity index (χ2n) is 5.81. The summed E-state index contributed by atoms with van der Waals surface area (Å²) in [6.45, 7) is 2.88. The van der Waals surface area contributed by atoms with E-state index in [1.165, 1.54) is 18.6 Å². The van der Waals surface area contributed by atoms with Crippen LogP contribution in [0.4, 0.5) is 0 Å². The van der Waals surface area contributed by atoms with Gasteiger partial charge in [-0.25, -0.2) is 4.98 Å². The van der Waals surface area contributed by atoms with Gasteiger partial charge in [-0.05, 0) is 6.07 Å². The fraction of sp³-hybridized carbons (Fsp3) is 0.333. The quantitative estimate of drug-likeness (QED) is 0.847. The van der Waals surface area contributed by atoms with Crippen LogP contribution in [-0.4, -0.2) is 58.3 Å². The van der Waals surface area contributed by atoms with E-state index in [0.29, 0.717) is 31.1 Å². The highest BCUT2D eigenvalue weighted by Gasteiger charge is 2.35. The maximum Gasteiger partial charge on any atom is 0.274 e. The third kappa shape index (κ3) is 3.45. The fourth-order valence-corrected chi connectivity index (χ4v) is 3.08. The van der Waals surface area contributed by atoms with Gasteiger partial charge in [0, 0.05) is 44.5 Å². The molecule has 130 valence electrons. The van der Waals surface area contributed by atoms with Gasteiger partial charge in [-0.3, -0.25) is 14.6 Å². The summed E-state index contributed by atoms with van der Waals surface area (Å²) < 4.78 is 5.46. The number of carbonyl (C=O) groups excluding carboxylic acids is 2. The largest absolute Gasteiger partial charge is 0.496 e. The third-order valence-electron chi connectivity index (χ3n) is 4.37. The summed E-state index contributed by atoms with van der Waals surface area (Å²) in [5.74, 6) is 0.480. The predicted molar refractivity (Wildman–Crippen MR) is 91.1 cm³/mol. The molecule has 0 unspecified atom stereocenters. The summed E-state index contributed by atoms with van der Waals surface area (Å²) in [5, 5.41) is 0. The molecule has 0 radical (unpaired) electrons. The first-order chi connectivity index (χ1) is 12.1. The number of rotatable bonds is 3. The van der Waals surface area contributed by atoms with Gasteiger partial charge in [0.15, 0.2) is 0 Å². The Morgan fingerprint density at radius 3 is 2.68 bits per heavy atom. The van der Waals surface area contributed by atoms with Crippen LogP contribution >= 0.6 is 0 Å². The van der Waals surface area contributed by atoms with Crippen LogP contribution in [0.25, 0.3) is 0 Å². The molecular formula is C18H20N4O3. The number of amides is 2. The maximum absolute atomic E-state index is 12.9. The Morgan fingerprint density at radius 2 is 2.00 bits per heavy atom. The monoisotopic (exact) mass is 340 g/mol. The summed E-state index contributed by atoms with van der Waals surface area (Å²) in [4.78, 5) is 36.4. The average molecular weight is 340 g/mol. The topological polar surface area (TPSA) is 75.6 Å². The Bertz CT molecular complexity index is 766. The highest BCUT2D eigenvalue weighted by Crippen LogP contribution is 2.32. The summed E-state index contributed by atoms with van der Waals surface area (Å²) in [6.07, 6.45) is 4.48. The van der Waals surface area contributed by atoms with Gasteiger partial charge in [0.2, 0.25) is 5.91 Å². The molecule has 0 aliphatic carbocycles.